The van der Waals surface area contributed by atoms with Crippen LogP contribution in [0.3, 0.4) is 0 Å². The molecule has 4 saturated heterocycles. The molecule has 0 bridgehead atoms. The molecule has 4 aliphatic heterocycles. The van der Waals surface area contributed by atoms with E-state index in [1.165, 1.54) is 0 Å². The van der Waals surface area contributed by atoms with Crippen LogP contribution in [0.25, 0.3) is 0 Å². The van der Waals surface area contributed by atoms with Crippen molar-refractivity contribution in [1.29, 1.82) is 0 Å². The van der Waals surface area contributed by atoms with E-state index in [1.54, 1.807) is 0 Å². The molecule has 4 aliphatic rings. The Morgan fingerprint density at radius 3 is 1.45 bits per heavy atom. The lowest BCUT2D eigenvalue weighted by molar-refractivity contribution is -0.224. The van der Waals surface area contributed by atoms with Gasteiger partial charge in [0.05, 0.1) is 26.4 Å². The van der Waals surface area contributed by atoms with Gasteiger partial charge < -0.3 is 47.4 Å². The molecule has 10 heteroatoms. The summed E-state index contributed by atoms with van der Waals surface area (Å²) in [6, 6.07) is 8.02. The van der Waals surface area contributed by atoms with Gasteiger partial charge in [0, 0.05) is 0 Å². The Morgan fingerprint density at radius 2 is 1.07 bits per heavy atom. The quantitative estimate of drug-likeness (QED) is 0.282. The normalized spacial score (nSPS) is 35.2. The van der Waals surface area contributed by atoms with Crippen LogP contribution >= 0.6 is 0 Å². The highest BCUT2D eigenvalue weighted by molar-refractivity contribution is 5.21. The first-order chi connectivity index (χ1) is 19.2. The van der Waals surface area contributed by atoms with E-state index in [-0.39, 0.29) is 49.8 Å². The lowest BCUT2D eigenvalue weighted by atomic mass is 10.1. The molecule has 0 N–H and O–H groups in total. The molecule has 0 radical (unpaired) electrons. The van der Waals surface area contributed by atoms with Gasteiger partial charge in [0.1, 0.15) is 49.8 Å². The number of rotatable bonds is 12. The Hall–Kier alpha value is -2.06. The Bertz CT molecular complexity index is 988. The van der Waals surface area contributed by atoms with E-state index in [0.29, 0.717) is 26.4 Å². The first-order valence-corrected chi connectivity index (χ1v) is 13.5. The molecule has 0 unspecified atom stereocenters. The Morgan fingerprint density at radius 1 is 0.675 bits per heavy atom. The summed E-state index contributed by atoms with van der Waals surface area (Å²) in [6.07, 6.45) is 7.43. The predicted octanol–water partition coefficient (Wildman–Crippen LogP) is 2.51. The Kier molecular flexibility index (Phi) is 9.15. The van der Waals surface area contributed by atoms with Crippen molar-refractivity contribution >= 4 is 0 Å². The second-order valence-corrected chi connectivity index (χ2v) is 11.1. The van der Waals surface area contributed by atoms with E-state index >= 15 is 0 Å². The molecule has 1 aromatic carbocycles. The van der Waals surface area contributed by atoms with Gasteiger partial charge in [-0.1, -0.05) is 36.1 Å². The second kappa shape index (κ2) is 12.4. The zero-order chi connectivity index (χ0) is 28.3. The van der Waals surface area contributed by atoms with Gasteiger partial charge in [-0.25, -0.2) is 0 Å². The fourth-order valence-electron chi connectivity index (χ4n) is 5.35. The molecule has 8 atom stereocenters. The van der Waals surface area contributed by atoms with Crippen LogP contribution in [-0.2, 0) is 60.6 Å². The monoisotopic (exact) mass is 558 g/mol. The third kappa shape index (κ3) is 6.87. The van der Waals surface area contributed by atoms with Gasteiger partial charge in [-0.3, -0.25) is 0 Å². The third-order valence-electron chi connectivity index (χ3n) is 7.02. The van der Waals surface area contributed by atoms with Crippen molar-refractivity contribution in [2.45, 2.75) is 102 Å². The molecule has 1 aromatic rings. The van der Waals surface area contributed by atoms with Crippen molar-refractivity contribution in [2.75, 3.05) is 26.4 Å². The summed E-state index contributed by atoms with van der Waals surface area (Å²) < 4.78 is 59.5. The molecular weight excluding hydrogens is 520 g/mol. The topological polar surface area (TPSA) is 92.3 Å². The van der Waals surface area contributed by atoms with Crippen LogP contribution in [0.4, 0.5) is 0 Å². The molecular formula is C30H38O10. The first kappa shape index (κ1) is 29.4. The Balaban J connectivity index is 1.16. The maximum Gasteiger partial charge on any atom is 0.190 e. The van der Waals surface area contributed by atoms with Gasteiger partial charge in [-0.05, 0) is 38.8 Å². The Labute approximate surface area is 235 Å². The highest BCUT2D eigenvalue weighted by atomic mass is 16.9. The van der Waals surface area contributed by atoms with Crippen molar-refractivity contribution in [3.05, 3.63) is 35.4 Å². The van der Waals surface area contributed by atoms with Crippen molar-refractivity contribution in [1.82, 2.24) is 0 Å². The minimum atomic E-state index is -0.745. The van der Waals surface area contributed by atoms with Gasteiger partial charge in [0.2, 0.25) is 0 Å². The van der Waals surface area contributed by atoms with Gasteiger partial charge in [-0.15, -0.1) is 12.8 Å². The van der Waals surface area contributed by atoms with Crippen LogP contribution in [0.2, 0.25) is 0 Å². The molecule has 10 nitrogen and oxygen atoms in total. The summed E-state index contributed by atoms with van der Waals surface area (Å²) in [5, 5.41) is 0. The maximum atomic E-state index is 6.28. The fraction of sp³-hybridized carbons (Fsp3) is 0.667. The average molecular weight is 559 g/mol. The molecule has 0 aromatic heterocycles. The predicted molar refractivity (Wildman–Crippen MR) is 140 cm³/mol. The van der Waals surface area contributed by atoms with Gasteiger partial charge >= 0.3 is 0 Å². The largest absolute Gasteiger partial charge is 0.368 e. The van der Waals surface area contributed by atoms with Crippen LogP contribution in [-0.4, -0.2) is 87.2 Å². The number of hydrogen-bond donors (Lipinski definition) is 0. The molecule has 4 fully saturated rings. The molecule has 218 valence electrons. The minimum Gasteiger partial charge on any atom is -0.368 e. The molecule has 5 rings (SSSR count). The van der Waals surface area contributed by atoms with Gasteiger partial charge in [0.25, 0.3) is 0 Å². The highest BCUT2D eigenvalue weighted by Gasteiger charge is 2.56. The molecule has 0 aliphatic carbocycles. The van der Waals surface area contributed by atoms with Crippen LogP contribution in [0, 0.1) is 24.7 Å². The van der Waals surface area contributed by atoms with Crippen LogP contribution in [0.5, 0.6) is 0 Å². The zero-order valence-corrected chi connectivity index (χ0v) is 23.4. The van der Waals surface area contributed by atoms with E-state index in [0.717, 1.165) is 11.1 Å². The molecule has 0 amide bonds. The molecule has 0 saturated carbocycles. The van der Waals surface area contributed by atoms with E-state index in [4.69, 9.17) is 60.2 Å². The van der Waals surface area contributed by atoms with Crippen LogP contribution in [0.1, 0.15) is 38.8 Å². The first-order valence-electron chi connectivity index (χ1n) is 13.5. The van der Waals surface area contributed by atoms with E-state index in [9.17, 15) is 0 Å². The van der Waals surface area contributed by atoms with Crippen LogP contribution < -0.4 is 0 Å². The number of hydrogen-bond acceptors (Lipinski definition) is 10. The van der Waals surface area contributed by atoms with Crippen molar-refractivity contribution in [3.63, 3.8) is 0 Å². The summed E-state index contributed by atoms with van der Waals surface area (Å²) in [7, 11) is 0. The maximum absolute atomic E-state index is 6.28. The fourth-order valence-corrected chi connectivity index (χ4v) is 5.35. The standard InChI is InChI=1S/C30H38O10/c1-7-13-31-17-21-23(25-27(35-21)39-29(3,4)37-25)33-15-19-9-11-20(12-10-19)16-34-24-22(18-32-14-8-2)36-28-26(24)38-30(5,6)40-28/h1-2,9-12,21-28H,13-18H2,3-6H3/t21-,22-,23+,24+,25-,26-,27-,28-/m1/s1. The zero-order valence-electron chi connectivity index (χ0n) is 23.4. The molecule has 4 heterocycles. The molecule has 40 heavy (non-hydrogen) atoms. The number of terminal acetylenes is 2. The summed E-state index contributed by atoms with van der Waals surface area (Å²) in [5.74, 6) is 3.44. The van der Waals surface area contributed by atoms with Crippen molar-refractivity contribution in [3.8, 4) is 24.7 Å². The number of benzene rings is 1. The second-order valence-electron chi connectivity index (χ2n) is 11.1. The SMILES string of the molecule is C#CCOC[C@H]1O[C@@H]2OC(C)(C)O[C@@H]2[C@H]1OCc1ccc(CO[C@@H]2[C@H]3OC(C)(C)O[C@H]3O[C@@H]2COCC#C)cc1. The average Bonchev–Trinajstić information content (AvgIpc) is 3.57. The van der Waals surface area contributed by atoms with Crippen molar-refractivity contribution < 1.29 is 47.4 Å². The van der Waals surface area contributed by atoms with Gasteiger partial charge in [0.15, 0.2) is 24.2 Å². The summed E-state index contributed by atoms with van der Waals surface area (Å²) in [4.78, 5) is 0. The van der Waals surface area contributed by atoms with Crippen molar-refractivity contribution in [2.24, 2.45) is 0 Å². The summed E-state index contributed by atoms with van der Waals surface area (Å²) >= 11 is 0. The van der Waals surface area contributed by atoms with E-state index in [2.05, 4.69) is 11.8 Å². The van der Waals surface area contributed by atoms with Crippen LogP contribution in [0.15, 0.2) is 24.3 Å². The summed E-state index contributed by atoms with van der Waals surface area (Å²) in [5.41, 5.74) is 1.99. The lowest BCUT2D eigenvalue weighted by Crippen LogP contribution is -2.39. The number of fused-ring (bicyclic) bond motifs is 2. The number of ether oxygens (including phenoxy) is 10. The molecule has 0 spiro atoms. The third-order valence-corrected chi connectivity index (χ3v) is 7.02. The summed E-state index contributed by atoms with van der Waals surface area (Å²) in [6.45, 7) is 9.12. The minimum absolute atomic E-state index is 0.197. The van der Waals surface area contributed by atoms with E-state index < -0.39 is 24.2 Å². The smallest absolute Gasteiger partial charge is 0.190 e. The van der Waals surface area contributed by atoms with Gasteiger partial charge in [-0.2, -0.15) is 0 Å². The lowest BCUT2D eigenvalue weighted by Gasteiger charge is -2.26. The highest BCUT2D eigenvalue weighted by Crippen LogP contribution is 2.40. The van der Waals surface area contributed by atoms with E-state index in [1.807, 2.05) is 52.0 Å².